The summed E-state index contributed by atoms with van der Waals surface area (Å²) < 4.78 is 18.6. The van der Waals surface area contributed by atoms with Crippen molar-refractivity contribution in [2.24, 2.45) is 5.92 Å². The van der Waals surface area contributed by atoms with E-state index in [2.05, 4.69) is 19.2 Å². The molecule has 0 radical (unpaired) electrons. The summed E-state index contributed by atoms with van der Waals surface area (Å²) in [7, 11) is 0. The van der Waals surface area contributed by atoms with Crippen LogP contribution in [-0.4, -0.2) is 18.1 Å². The van der Waals surface area contributed by atoms with Crippen LogP contribution in [0.15, 0.2) is 24.3 Å². The molecule has 4 heteroatoms. The number of esters is 1. The lowest BCUT2D eigenvalue weighted by Crippen LogP contribution is -2.38. The predicted octanol–water partition coefficient (Wildman–Crippen LogP) is 2.82. The highest BCUT2D eigenvalue weighted by Crippen LogP contribution is 2.32. The Morgan fingerprint density at radius 2 is 2.21 bits per heavy atom. The molecule has 0 amide bonds. The summed E-state index contributed by atoms with van der Waals surface area (Å²) in [4.78, 5) is 11.2. The van der Waals surface area contributed by atoms with Gasteiger partial charge >= 0.3 is 5.97 Å². The number of carbonyl (C=O) groups is 1. The standard InChI is InChI=1S/C15H20FNO2/c1-9(2)15-14(19-10(3)18)8-13(17-15)11-5-4-6-12(16)7-11/h4-7,9,13-15,17H,8H2,1-3H3/t13-,14+,15-/m0/s1. The van der Waals surface area contributed by atoms with Gasteiger partial charge in [-0.3, -0.25) is 4.79 Å². The molecule has 3 atom stereocenters. The highest BCUT2D eigenvalue weighted by atomic mass is 19.1. The van der Waals surface area contributed by atoms with E-state index >= 15 is 0 Å². The van der Waals surface area contributed by atoms with E-state index in [1.54, 1.807) is 6.07 Å². The van der Waals surface area contributed by atoms with Crippen molar-refractivity contribution in [3.63, 3.8) is 0 Å². The third-order valence-electron chi connectivity index (χ3n) is 3.55. The molecular formula is C15H20FNO2. The number of ether oxygens (including phenoxy) is 1. The van der Waals surface area contributed by atoms with E-state index in [9.17, 15) is 9.18 Å². The van der Waals surface area contributed by atoms with Gasteiger partial charge in [-0.1, -0.05) is 26.0 Å². The van der Waals surface area contributed by atoms with Crippen LogP contribution in [0, 0.1) is 11.7 Å². The van der Waals surface area contributed by atoms with Crippen molar-refractivity contribution in [1.29, 1.82) is 0 Å². The molecule has 3 nitrogen and oxygen atoms in total. The van der Waals surface area contributed by atoms with Crippen molar-refractivity contribution in [3.8, 4) is 0 Å². The lowest BCUT2D eigenvalue weighted by Gasteiger charge is -2.22. The van der Waals surface area contributed by atoms with E-state index in [0.717, 1.165) is 5.56 Å². The van der Waals surface area contributed by atoms with Gasteiger partial charge in [0.1, 0.15) is 11.9 Å². The van der Waals surface area contributed by atoms with E-state index in [1.807, 2.05) is 6.07 Å². The molecule has 0 aromatic heterocycles. The van der Waals surface area contributed by atoms with Crippen LogP contribution in [0.5, 0.6) is 0 Å². The third-order valence-corrected chi connectivity index (χ3v) is 3.55. The van der Waals surface area contributed by atoms with Crippen LogP contribution in [0.25, 0.3) is 0 Å². The molecule has 1 aromatic rings. The van der Waals surface area contributed by atoms with Crippen LogP contribution in [0.1, 0.15) is 38.8 Å². The summed E-state index contributed by atoms with van der Waals surface area (Å²) >= 11 is 0. The molecule has 2 rings (SSSR count). The van der Waals surface area contributed by atoms with Crippen molar-refractivity contribution < 1.29 is 13.9 Å². The van der Waals surface area contributed by atoms with E-state index in [0.29, 0.717) is 12.3 Å². The second-order valence-electron chi connectivity index (χ2n) is 5.43. The normalized spacial score (nSPS) is 26.7. The molecule has 1 fully saturated rings. The average molecular weight is 265 g/mol. The zero-order chi connectivity index (χ0) is 14.0. The van der Waals surface area contributed by atoms with Crippen molar-refractivity contribution in [1.82, 2.24) is 5.32 Å². The van der Waals surface area contributed by atoms with Gasteiger partial charge in [-0.25, -0.2) is 4.39 Å². The maximum Gasteiger partial charge on any atom is 0.302 e. The van der Waals surface area contributed by atoms with Gasteiger partial charge in [0.05, 0.1) is 0 Å². The minimum atomic E-state index is -0.266. The van der Waals surface area contributed by atoms with Crippen LogP contribution in [-0.2, 0) is 9.53 Å². The molecule has 0 spiro atoms. The molecule has 1 aromatic carbocycles. The van der Waals surface area contributed by atoms with Crippen molar-refractivity contribution in [3.05, 3.63) is 35.6 Å². The second kappa shape index (κ2) is 5.70. The van der Waals surface area contributed by atoms with E-state index in [-0.39, 0.29) is 30.0 Å². The van der Waals surface area contributed by atoms with Crippen LogP contribution in [0.4, 0.5) is 4.39 Å². The molecular weight excluding hydrogens is 245 g/mol. The van der Waals surface area contributed by atoms with Gasteiger partial charge in [-0.05, 0) is 23.6 Å². The Kier molecular flexibility index (Phi) is 4.20. The minimum absolute atomic E-state index is 0.0347. The highest BCUT2D eigenvalue weighted by Gasteiger charge is 2.38. The number of nitrogens with one attached hydrogen (secondary N) is 1. The number of hydrogen-bond donors (Lipinski definition) is 1. The zero-order valence-corrected chi connectivity index (χ0v) is 11.5. The summed E-state index contributed by atoms with van der Waals surface area (Å²) in [5.74, 6) is -0.156. The van der Waals surface area contributed by atoms with Crippen LogP contribution >= 0.6 is 0 Å². The number of benzene rings is 1. The van der Waals surface area contributed by atoms with Crippen molar-refractivity contribution in [2.75, 3.05) is 0 Å². The third kappa shape index (κ3) is 3.32. The minimum Gasteiger partial charge on any atom is -0.461 e. The fourth-order valence-corrected chi connectivity index (χ4v) is 2.70. The molecule has 1 N–H and O–H groups in total. The molecule has 0 unspecified atom stereocenters. The molecule has 1 aliphatic rings. The molecule has 1 aliphatic heterocycles. The summed E-state index contributed by atoms with van der Waals surface area (Å²) in [5, 5.41) is 3.45. The number of carbonyl (C=O) groups excluding carboxylic acids is 1. The van der Waals surface area contributed by atoms with Crippen molar-refractivity contribution >= 4 is 5.97 Å². The SMILES string of the molecule is CC(=O)O[C@@H]1C[C@@H](c2cccc(F)c2)N[C@H]1C(C)C. The molecule has 1 saturated heterocycles. The Balaban J connectivity index is 2.15. The van der Waals surface area contributed by atoms with Gasteiger partial charge in [0.15, 0.2) is 0 Å². The second-order valence-corrected chi connectivity index (χ2v) is 5.43. The molecule has 0 bridgehead atoms. The van der Waals surface area contributed by atoms with Gasteiger partial charge in [0.25, 0.3) is 0 Å². The Labute approximate surface area is 113 Å². The molecule has 0 saturated carbocycles. The molecule has 1 heterocycles. The van der Waals surface area contributed by atoms with Gasteiger partial charge in [0.2, 0.25) is 0 Å². The molecule has 19 heavy (non-hydrogen) atoms. The first-order chi connectivity index (χ1) is 8.97. The first-order valence-corrected chi connectivity index (χ1v) is 6.66. The predicted molar refractivity (Wildman–Crippen MR) is 71.1 cm³/mol. The molecule has 104 valence electrons. The summed E-state index contributed by atoms with van der Waals surface area (Å²) in [5.41, 5.74) is 0.903. The smallest absolute Gasteiger partial charge is 0.302 e. The first-order valence-electron chi connectivity index (χ1n) is 6.66. The highest BCUT2D eigenvalue weighted by molar-refractivity contribution is 5.66. The Bertz CT molecular complexity index is 461. The topological polar surface area (TPSA) is 38.3 Å². The average Bonchev–Trinajstić information content (AvgIpc) is 2.72. The van der Waals surface area contributed by atoms with E-state index in [1.165, 1.54) is 19.1 Å². The summed E-state index contributed by atoms with van der Waals surface area (Å²) in [6, 6.07) is 6.71. The Morgan fingerprint density at radius 3 is 2.79 bits per heavy atom. The lowest BCUT2D eigenvalue weighted by molar-refractivity contribution is -0.147. The quantitative estimate of drug-likeness (QED) is 0.854. The van der Waals surface area contributed by atoms with Gasteiger partial charge in [0, 0.05) is 25.4 Å². The maximum atomic E-state index is 13.3. The Morgan fingerprint density at radius 1 is 1.47 bits per heavy atom. The maximum absolute atomic E-state index is 13.3. The number of rotatable bonds is 3. The number of hydrogen-bond acceptors (Lipinski definition) is 3. The van der Waals surface area contributed by atoms with Crippen LogP contribution in [0.2, 0.25) is 0 Å². The fourth-order valence-electron chi connectivity index (χ4n) is 2.70. The monoisotopic (exact) mass is 265 g/mol. The van der Waals surface area contributed by atoms with Crippen LogP contribution in [0.3, 0.4) is 0 Å². The van der Waals surface area contributed by atoms with Gasteiger partial charge in [-0.15, -0.1) is 0 Å². The summed E-state index contributed by atoms with van der Waals surface area (Å²) in [6.07, 6.45) is 0.539. The Hall–Kier alpha value is -1.42. The lowest BCUT2D eigenvalue weighted by atomic mass is 9.99. The summed E-state index contributed by atoms with van der Waals surface area (Å²) in [6.45, 7) is 5.59. The zero-order valence-electron chi connectivity index (χ0n) is 11.5. The van der Waals surface area contributed by atoms with E-state index in [4.69, 9.17) is 4.74 Å². The van der Waals surface area contributed by atoms with Crippen LogP contribution < -0.4 is 5.32 Å². The number of halogens is 1. The largest absolute Gasteiger partial charge is 0.461 e. The molecule has 0 aliphatic carbocycles. The van der Waals surface area contributed by atoms with Crippen molar-refractivity contribution in [2.45, 2.75) is 45.4 Å². The van der Waals surface area contributed by atoms with Gasteiger partial charge in [-0.2, -0.15) is 0 Å². The van der Waals surface area contributed by atoms with Gasteiger partial charge < -0.3 is 10.1 Å². The van der Waals surface area contributed by atoms with E-state index < -0.39 is 0 Å². The first kappa shape index (κ1) is 14.0. The fraction of sp³-hybridized carbons (Fsp3) is 0.533.